The highest BCUT2D eigenvalue weighted by atomic mass is 35.5. The Balaban J connectivity index is 0.00000385. The van der Waals surface area contributed by atoms with Crippen molar-refractivity contribution in [2.45, 2.75) is 0 Å². The summed E-state index contributed by atoms with van der Waals surface area (Å²) < 4.78 is 5.23. The molecular formula is C23H26Cl3N5O2. The third-order valence-electron chi connectivity index (χ3n) is 4.54. The number of nitrogens with one attached hydrogen (secondary N) is 3. The number of halogens is 3. The Morgan fingerprint density at radius 2 is 1.97 bits per heavy atom. The van der Waals surface area contributed by atoms with Gasteiger partial charge in [0.1, 0.15) is 5.82 Å². The molecular weight excluding hydrogens is 485 g/mol. The number of methoxy groups -OCH3 is 1. The second-order valence-corrected chi connectivity index (χ2v) is 8.10. The molecule has 10 heteroatoms. The monoisotopic (exact) mass is 509 g/mol. The van der Waals surface area contributed by atoms with Gasteiger partial charge in [0.15, 0.2) is 5.76 Å². The average Bonchev–Trinajstić information content (AvgIpc) is 3.13. The van der Waals surface area contributed by atoms with Crippen LogP contribution in [-0.4, -0.2) is 55.1 Å². The van der Waals surface area contributed by atoms with Crippen molar-refractivity contribution in [2.75, 3.05) is 44.9 Å². The predicted molar refractivity (Wildman–Crippen MR) is 140 cm³/mol. The number of anilines is 2. The number of ether oxygens (including phenoxy) is 1. The smallest absolute Gasteiger partial charge is 0.290 e. The maximum atomic E-state index is 12.5. The number of fused-ring (bicyclic) bond motifs is 1. The highest BCUT2D eigenvalue weighted by Gasteiger charge is 2.10. The molecule has 0 unspecified atom stereocenters. The first-order chi connectivity index (χ1) is 15.4. The molecule has 3 rings (SSSR count). The maximum Gasteiger partial charge on any atom is 0.290 e. The number of likely N-dealkylation sites (N-methyl/N-ethyl adjacent to an activating group) is 1. The molecule has 3 aromatic rings. The van der Waals surface area contributed by atoms with Gasteiger partial charge >= 0.3 is 0 Å². The van der Waals surface area contributed by atoms with Gasteiger partial charge in [0, 0.05) is 29.7 Å². The zero-order valence-corrected chi connectivity index (χ0v) is 20.8. The molecule has 0 fully saturated rings. The van der Waals surface area contributed by atoms with Gasteiger partial charge in [-0.15, -0.1) is 12.4 Å². The number of rotatable bonds is 9. The summed E-state index contributed by atoms with van der Waals surface area (Å²) in [6.07, 6.45) is 6.73. The van der Waals surface area contributed by atoms with Crippen molar-refractivity contribution in [1.82, 2.24) is 14.9 Å². The fourth-order valence-electron chi connectivity index (χ4n) is 2.89. The summed E-state index contributed by atoms with van der Waals surface area (Å²) in [5.74, 6) is 0.537. The quantitative estimate of drug-likeness (QED) is 0.203. The normalized spacial score (nSPS) is 11.6. The summed E-state index contributed by atoms with van der Waals surface area (Å²) in [6, 6.07) is 9.11. The Morgan fingerprint density at radius 1 is 1.21 bits per heavy atom. The SMILES string of the molecule is CO/C(=C\C=C\c1cc2cc(Cl)c(Cl)cc2[nH]1)C(=O)Nc1ccc(NCCN(C)C)nc1.Cl. The maximum absolute atomic E-state index is 12.5. The van der Waals surface area contributed by atoms with E-state index in [0.717, 1.165) is 35.5 Å². The number of allylic oxidation sites excluding steroid dienone is 2. The van der Waals surface area contributed by atoms with Gasteiger partial charge in [-0.05, 0) is 56.6 Å². The van der Waals surface area contributed by atoms with Crippen LogP contribution in [-0.2, 0) is 9.53 Å². The lowest BCUT2D eigenvalue weighted by Gasteiger charge is -2.11. The van der Waals surface area contributed by atoms with Crippen LogP contribution in [0.25, 0.3) is 17.0 Å². The third kappa shape index (κ3) is 7.68. The molecule has 0 saturated carbocycles. The lowest BCUT2D eigenvalue weighted by atomic mass is 10.2. The highest BCUT2D eigenvalue weighted by Crippen LogP contribution is 2.28. The first-order valence-corrected chi connectivity index (χ1v) is 10.7. The van der Waals surface area contributed by atoms with Crippen molar-refractivity contribution in [3.63, 3.8) is 0 Å². The minimum absolute atomic E-state index is 0. The van der Waals surface area contributed by atoms with E-state index in [0.29, 0.717) is 15.7 Å². The van der Waals surface area contributed by atoms with Gasteiger partial charge in [0.2, 0.25) is 0 Å². The Bertz CT molecular complexity index is 1100. The van der Waals surface area contributed by atoms with E-state index >= 15 is 0 Å². The molecule has 176 valence electrons. The van der Waals surface area contributed by atoms with Crippen LogP contribution in [0.15, 0.2) is 54.4 Å². The Hall–Kier alpha value is -2.71. The molecule has 0 bridgehead atoms. The number of aromatic amines is 1. The Labute approximate surface area is 209 Å². The molecule has 0 aliphatic heterocycles. The number of carbonyl (C=O) groups excluding carboxylic acids is 1. The fraction of sp³-hybridized carbons (Fsp3) is 0.217. The summed E-state index contributed by atoms with van der Waals surface area (Å²) in [4.78, 5) is 22.1. The molecule has 1 amide bonds. The molecule has 0 radical (unpaired) electrons. The molecule has 2 heterocycles. The van der Waals surface area contributed by atoms with Crippen LogP contribution in [0.3, 0.4) is 0 Å². The van der Waals surface area contributed by atoms with E-state index in [9.17, 15) is 4.79 Å². The summed E-state index contributed by atoms with van der Waals surface area (Å²) in [7, 11) is 5.47. The van der Waals surface area contributed by atoms with Crippen molar-refractivity contribution < 1.29 is 9.53 Å². The van der Waals surface area contributed by atoms with Crippen LogP contribution >= 0.6 is 35.6 Å². The first-order valence-electron chi connectivity index (χ1n) is 9.92. The van der Waals surface area contributed by atoms with Crippen molar-refractivity contribution in [2.24, 2.45) is 0 Å². The molecule has 3 N–H and O–H groups in total. The van der Waals surface area contributed by atoms with Gasteiger partial charge in [0.05, 0.1) is 29.0 Å². The number of aromatic nitrogens is 2. The molecule has 0 aliphatic carbocycles. The number of H-pyrrole nitrogens is 1. The number of nitrogens with zero attached hydrogens (tertiary/aromatic N) is 2. The third-order valence-corrected chi connectivity index (χ3v) is 5.26. The summed E-state index contributed by atoms with van der Waals surface area (Å²) in [5, 5.41) is 7.93. The molecule has 33 heavy (non-hydrogen) atoms. The number of hydrogen-bond donors (Lipinski definition) is 3. The van der Waals surface area contributed by atoms with Crippen molar-refractivity contribution in [3.05, 3.63) is 70.2 Å². The number of carbonyl (C=O) groups is 1. The summed E-state index contributed by atoms with van der Waals surface area (Å²) in [6.45, 7) is 1.68. The zero-order chi connectivity index (χ0) is 23.1. The minimum atomic E-state index is -0.373. The number of hydrogen-bond acceptors (Lipinski definition) is 5. The topological polar surface area (TPSA) is 82.3 Å². The molecule has 0 atom stereocenters. The largest absolute Gasteiger partial charge is 0.491 e. The standard InChI is InChI=1S/C23H25Cl2N5O2.ClH/c1-30(2)10-9-26-22-8-7-17(14-27-22)29-23(31)21(32-3)6-4-5-16-11-15-12-18(24)19(25)13-20(15)28-16;/h4-8,11-14,28H,9-10H2,1-3H3,(H,26,27)(H,29,31);1H/b5-4+,21-6-;. The molecule has 7 nitrogen and oxygen atoms in total. The van der Waals surface area contributed by atoms with Crippen LogP contribution < -0.4 is 10.6 Å². The first kappa shape index (κ1) is 26.5. The van der Waals surface area contributed by atoms with Crippen LogP contribution in [0.2, 0.25) is 10.0 Å². The van der Waals surface area contributed by atoms with E-state index in [1.54, 1.807) is 36.5 Å². The van der Waals surface area contributed by atoms with Crippen LogP contribution in [0, 0.1) is 0 Å². The lowest BCUT2D eigenvalue weighted by molar-refractivity contribution is -0.115. The van der Waals surface area contributed by atoms with E-state index in [4.69, 9.17) is 27.9 Å². The Kier molecular flexibility index (Phi) is 10.1. The summed E-state index contributed by atoms with van der Waals surface area (Å²) in [5.41, 5.74) is 2.29. The van der Waals surface area contributed by atoms with Crippen LogP contribution in [0.1, 0.15) is 5.69 Å². The second-order valence-electron chi connectivity index (χ2n) is 7.29. The van der Waals surface area contributed by atoms with Gasteiger partial charge in [-0.25, -0.2) is 4.98 Å². The van der Waals surface area contributed by atoms with Gasteiger partial charge in [-0.1, -0.05) is 29.3 Å². The van der Waals surface area contributed by atoms with E-state index in [1.807, 2.05) is 32.3 Å². The van der Waals surface area contributed by atoms with Gasteiger partial charge in [-0.2, -0.15) is 0 Å². The van der Waals surface area contributed by atoms with Crippen molar-refractivity contribution in [1.29, 1.82) is 0 Å². The van der Waals surface area contributed by atoms with Crippen LogP contribution in [0.4, 0.5) is 11.5 Å². The average molecular weight is 511 g/mol. The van der Waals surface area contributed by atoms with E-state index in [-0.39, 0.29) is 24.1 Å². The van der Waals surface area contributed by atoms with Crippen LogP contribution in [0.5, 0.6) is 0 Å². The molecule has 1 aromatic carbocycles. The fourth-order valence-corrected chi connectivity index (χ4v) is 3.22. The van der Waals surface area contributed by atoms with Gasteiger partial charge in [-0.3, -0.25) is 4.79 Å². The lowest BCUT2D eigenvalue weighted by Crippen LogP contribution is -2.21. The molecule has 0 spiro atoms. The predicted octanol–water partition coefficient (Wildman–Crippen LogP) is 5.45. The summed E-state index contributed by atoms with van der Waals surface area (Å²) >= 11 is 12.1. The number of amides is 1. The molecule has 2 aromatic heterocycles. The van der Waals surface area contributed by atoms with Gasteiger partial charge < -0.3 is 25.3 Å². The number of benzene rings is 1. The van der Waals surface area contributed by atoms with Gasteiger partial charge in [0.25, 0.3) is 5.91 Å². The van der Waals surface area contributed by atoms with E-state index < -0.39 is 0 Å². The second kappa shape index (κ2) is 12.5. The van der Waals surface area contributed by atoms with E-state index in [2.05, 4.69) is 25.5 Å². The highest BCUT2D eigenvalue weighted by molar-refractivity contribution is 6.42. The van der Waals surface area contributed by atoms with E-state index in [1.165, 1.54) is 7.11 Å². The number of pyridine rings is 1. The van der Waals surface area contributed by atoms with Crippen molar-refractivity contribution >= 4 is 70.0 Å². The minimum Gasteiger partial charge on any atom is -0.491 e. The Morgan fingerprint density at radius 3 is 2.64 bits per heavy atom. The molecule has 0 saturated heterocycles. The molecule has 0 aliphatic rings. The zero-order valence-electron chi connectivity index (χ0n) is 18.5. The van der Waals surface area contributed by atoms with Crippen molar-refractivity contribution in [3.8, 4) is 0 Å².